The molecular weight excluding hydrogens is 599 g/mol. The van der Waals surface area contributed by atoms with Crippen LogP contribution in [0.1, 0.15) is 61.3 Å². The van der Waals surface area contributed by atoms with Crippen molar-refractivity contribution in [1.82, 2.24) is 20.3 Å². The number of benzene rings is 2. The summed E-state index contributed by atoms with van der Waals surface area (Å²) in [5.74, 6) is -3.96. The van der Waals surface area contributed by atoms with Gasteiger partial charge in [0, 0.05) is 22.7 Å². The van der Waals surface area contributed by atoms with Crippen molar-refractivity contribution in [2.75, 3.05) is 6.54 Å². The number of halogens is 1. The molecule has 0 radical (unpaired) electrons. The van der Waals surface area contributed by atoms with Crippen molar-refractivity contribution in [3.8, 4) is 0 Å². The fourth-order valence-corrected chi connectivity index (χ4v) is 5.79. The third-order valence-electron chi connectivity index (χ3n) is 7.17. The van der Waals surface area contributed by atoms with Gasteiger partial charge in [-0.25, -0.2) is 13.1 Å². The predicted molar refractivity (Wildman–Crippen MR) is 160 cm³/mol. The molecule has 5 N–H and O–H groups in total. The molecular formula is C28H36BClN4O8S. The second-order valence-corrected chi connectivity index (χ2v) is 13.2. The van der Waals surface area contributed by atoms with Crippen molar-refractivity contribution in [3.05, 3.63) is 64.7 Å². The van der Waals surface area contributed by atoms with Crippen molar-refractivity contribution in [3.63, 3.8) is 0 Å². The Morgan fingerprint density at radius 3 is 1.95 bits per heavy atom. The maximum absolute atomic E-state index is 13.5. The average molecular weight is 635 g/mol. The van der Waals surface area contributed by atoms with Crippen LogP contribution >= 0.6 is 11.6 Å². The summed E-state index contributed by atoms with van der Waals surface area (Å²) in [6.07, 6.45) is 0.952. The van der Waals surface area contributed by atoms with Crippen LogP contribution in [0.15, 0.2) is 53.4 Å². The smallest absolute Gasteiger partial charge is 0.426 e. The molecule has 0 aliphatic carbocycles. The van der Waals surface area contributed by atoms with E-state index < -0.39 is 58.8 Å². The number of carbonyl (C=O) groups is 4. The Morgan fingerprint density at radius 1 is 0.884 bits per heavy atom. The van der Waals surface area contributed by atoms with Crippen LogP contribution < -0.4 is 15.4 Å². The molecule has 1 fully saturated rings. The highest BCUT2D eigenvalue weighted by Gasteiger charge is 2.40. The van der Waals surface area contributed by atoms with Crippen LogP contribution in [0.25, 0.3) is 0 Å². The molecule has 43 heavy (non-hydrogen) atoms. The van der Waals surface area contributed by atoms with Gasteiger partial charge in [-0.3, -0.25) is 19.2 Å². The standard InChI is InChI=1S/C28H36BClN4O8S/c1-16(2)23(28(38)34-15-5-6-22(34)27(37)32-24(17(3)4)29(39)40)31-25(35)18-7-9-19(10-8-18)26(36)33-43(41,42)21-13-11-20(30)12-14-21/h7-14,16-17,22-24,39-40H,5-6,15H2,1-4H3,(H,31,35)(H,32,37)(H,33,36)/t22-,23-,24-/m0/s1. The average Bonchev–Trinajstić information content (AvgIpc) is 3.44. The zero-order valence-corrected chi connectivity index (χ0v) is 25.9. The minimum Gasteiger partial charge on any atom is -0.426 e. The monoisotopic (exact) mass is 634 g/mol. The topological polar surface area (TPSA) is 182 Å². The molecule has 0 bridgehead atoms. The first-order chi connectivity index (χ1) is 20.1. The summed E-state index contributed by atoms with van der Waals surface area (Å²) in [6, 6.07) is 8.72. The van der Waals surface area contributed by atoms with Gasteiger partial charge in [0.2, 0.25) is 11.8 Å². The summed E-state index contributed by atoms with van der Waals surface area (Å²) in [4.78, 5) is 53.5. The van der Waals surface area contributed by atoms with E-state index in [2.05, 4.69) is 10.6 Å². The van der Waals surface area contributed by atoms with Crippen molar-refractivity contribution >= 4 is 52.4 Å². The van der Waals surface area contributed by atoms with Gasteiger partial charge in [-0.2, -0.15) is 0 Å². The molecule has 15 heteroatoms. The van der Waals surface area contributed by atoms with E-state index >= 15 is 0 Å². The number of rotatable bonds is 11. The molecule has 2 aromatic rings. The largest absolute Gasteiger partial charge is 0.475 e. The fourth-order valence-electron chi connectivity index (χ4n) is 4.69. The molecule has 1 saturated heterocycles. The lowest BCUT2D eigenvalue weighted by atomic mass is 9.73. The Labute approximate surface area is 256 Å². The van der Waals surface area contributed by atoms with Crippen LogP contribution in [-0.4, -0.2) is 78.7 Å². The number of likely N-dealkylation sites (tertiary alicyclic amines) is 1. The van der Waals surface area contributed by atoms with E-state index in [1.165, 1.54) is 53.4 Å². The fraction of sp³-hybridized carbons (Fsp3) is 0.429. The number of amides is 4. The lowest BCUT2D eigenvalue weighted by molar-refractivity contribution is -0.140. The van der Waals surface area contributed by atoms with Gasteiger partial charge in [-0.1, -0.05) is 39.3 Å². The highest BCUT2D eigenvalue weighted by atomic mass is 35.5. The lowest BCUT2D eigenvalue weighted by Crippen LogP contribution is -2.58. The summed E-state index contributed by atoms with van der Waals surface area (Å²) < 4.78 is 27.0. The molecule has 1 aliphatic rings. The highest BCUT2D eigenvalue weighted by molar-refractivity contribution is 7.90. The van der Waals surface area contributed by atoms with Gasteiger partial charge in [-0.15, -0.1) is 0 Å². The maximum Gasteiger partial charge on any atom is 0.475 e. The molecule has 3 atom stereocenters. The Balaban J connectivity index is 1.68. The molecule has 2 aromatic carbocycles. The second kappa shape index (κ2) is 14.3. The van der Waals surface area contributed by atoms with E-state index in [1.54, 1.807) is 27.7 Å². The van der Waals surface area contributed by atoms with E-state index in [9.17, 15) is 37.6 Å². The molecule has 4 amide bonds. The van der Waals surface area contributed by atoms with Gasteiger partial charge in [-0.05, 0) is 73.2 Å². The molecule has 0 aromatic heterocycles. The van der Waals surface area contributed by atoms with E-state index in [4.69, 9.17) is 11.6 Å². The number of sulfonamides is 1. The number of carbonyl (C=O) groups excluding carboxylic acids is 4. The number of nitrogens with zero attached hydrogens (tertiary/aromatic N) is 1. The molecule has 12 nitrogen and oxygen atoms in total. The maximum atomic E-state index is 13.5. The zero-order valence-electron chi connectivity index (χ0n) is 24.3. The first kappa shape index (κ1) is 34.0. The van der Waals surface area contributed by atoms with Crippen LogP contribution in [-0.2, 0) is 19.6 Å². The lowest BCUT2D eigenvalue weighted by Gasteiger charge is -2.32. The first-order valence-corrected chi connectivity index (χ1v) is 15.7. The normalized spacial score (nSPS) is 16.5. The van der Waals surface area contributed by atoms with Crippen LogP contribution in [0.3, 0.4) is 0 Å². The van der Waals surface area contributed by atoms with E-state index in [1.807, 2.05) is 4.72 Å². The van der Waals surface area contributed by atoms with Crippen molar-refractivity contribution in [1.29, 1.82) is 0 Å². The van der Waals surface area contributed by atoms with Crippen molar-refractivity contribution < 1.29 is 37.6 Å². The Morgan fingerprint density at radius 2 is 1.44 bits per heavy atom. The Hall–Kier alpha value is -3.46. The van der Waals surface area contributed by atoms with Gasteiger partial charge in [0.1, 0.15) is 12.1 Å². The first-order valence-electron chi connectivity index (χ1n) is 13.8. The number of hydrogen-bond donors (Lipinski definition) is 5. The quantitative estimate of drug-likeness (QED) is 0.230. The summed E-state index contributed by atoms with van der Waals surface area (Å²) in [6.45, 7) is 7.26. The minimum atomic E-state index is -4.15. The third kappa shape index (κ3) is 8.56. The zero-order chi connectivity index (χ0) is 32.1. The third-order valence-corrected chi connectivity index (χ3v) is 8.77. The summed E-state index contributed by atoms with van der Waals surface area (Å²) in [7, 11) is -5.91. The number of hydrogen-bond acceptors (Lipinski definition) is 8. The summed E-state index contributed by atoms with van der Waals surface area (Å²) in [5, 5.41) is 24.9. The number of nitrogens with one attached hydrogen (secondary N) is 3. The molecule has 232 valence electrons. The second-order valence-electron chi connectivity index (χ2n) is 11.0. The van der Waals surface area contributed by atoms with Crippen LogP contribution in [0.4, 0.5) is 0 Å². The SMILES string of the molecule is CC(C)[C@H](NC(=O)[C@@H]1CCCN1C(=O)[C@@H](NC(=O)c1ccc(C(=O)NS(=O)(=O)c2ccc(Cl)cc2)cc1)C(C)C)B(O)O. The van der Waals surface area contributed by atoms with Crippen LogP contribution in [0.2, 0.25) is 5.02 Å². The minimum absolute atomic E-state index is 0.0100. The molecule has 0 spiro atoms. The Bertz CT molecular complexity index is 1430. The summed E-state index contributed by atoms with van der Waals surface area (Å²) >= 11 is 5.79. The van der Waals surface area contributed by atoms with Gasteiger partial charge in [0.15, 0.2) is 0 Å². The van der Waals surface area contributed by atoms with Crippen molar-refractivity contribution in [2.24, 2.45) is 11.8 Å². The summed E-state index contributed by atoms with van der Waals surface area (Å²) in [5.41, 5.74) is 0.118. The van der Waals surface area contributed by atoms with E-state index in [0.29, 0.717) is 24.4 Å². The van der Waals surface area contributed by atoms with E-state index in [0.717, 1.165) is 0 Å². The Kier molecular flexibility index (Phi) is 11.4. The van der Waals surface area contributed by atoms with Gasteiger partial charge in [0.05, 0.1) is 10.8 Å². The molecule has 3 rings (SSSR count). The van der Waals surface area contributed by atoms with Crippen LogP contribution in [0.5, 0.6) is 0 Å². The van der Waals surface area contributed by atoms with Crippen LogP contribution in [0, 0.1) is 11.8 Å². The highest BCUT2D eigenvalue weighted by Crippen LogP contribution is 2.22. The molecule has 1 aliphatic heterocycles. The van der Waals surface area contributed by atoms with Gasteiger partial charge >= 0.3 is 7.12 Å². The van der Waals surface area contributed by atoms with E-state index in [-0.39, 0.29) is 27.9 Å². The molecule has 0 saturated carbocycles. The van der Waals surface area contributed by atoms with Gasteiger partial charge < -0.3 is 25.6 Å². The molecule has 0 unspecified atom stereocenters. The van der Waals surface area contributed by atoms with Crippen molar-refractivity contribution in [2.45, 2.75) is 63.5 Å². The van der Waals surface area contributed by atoms with Gasteiger partial charge in [0.25, 0.3) is 21.8 Å². The molecule has 1 heterocycles. The predicted octanol–water partition coefficient (Wildman–Crippen LogP) is 1.36.